The molecule has 134 valence electrons. The topological polar surface area (TPSA) is 99.0 Å². The van der Waals surface area contributed by atoms with Crippen LogP contribution in [0.5, 0.6) is 11.5 Å². The summed E-state index contributed by atoms with van der Waals surface area (Å²) in [7, 11) is 0.165. The molecule has 25 heavy (non-hydrogen) atoms. The number of nitro groups is 1. The summed E-state index contributed by atoms with van der Waals surface area (Å²) in [5.74, 6) is 0.805. The first-order chi connectivity index (χ1) is 11.8. The Labute approximate surface area is 145 Å². The standard InChI is InChI=1S/C16H18N2O6S/c1-17(11-12-5-4-6-13(9-12)23-2)25(21,22)16-8-7-14(24-3)10-15(16)18(19)20/h4-10H,11H2,1-3H3. The molecule has 0 atom stereocenters. The Bertz CT molecular complexity index is 882. The Morgan fingerprint density at radius 2 is 1.72 bits per heavy atom. The quantitative estimate of drug-likeness (QED) is 0.551. The Hall–Kier alpha value is -2.65. The number of sulfonamides is 1. The second-order valence-electron chi connectivity index (χ2n) is 5.20. The van der Waals surface area contributed by atoms with Gasteiger partial charge >= 0.3 is 0 Å². The number of rotatable bonds is 7. The van der Waals surface area contributed by atoms with E-state index in [0.717, 1.165) is 10.4 Å². The average Bonchev–Trinajstić information content (AvgIpc) is 2.61. The van der Waals surface area contributed by atoms with Crippen LogP contribution in [0.4, 0.5) is 5.69 Å². The summed E-state index contributed by atoms with van der Waals surface area (Å²) in [6.07, 6.45) is 0. The van der Waals surface area contributed by atoms with Crippen molar-refractivity contribution in [1.82, 2.24) is 4.31 Å². The molecular weight excluding hydrogens is 348 g/mol. The van der Waals surface area contributed by atoms with Gasteiger partial charge in [0, 0.05) is 13.6 Å². The van der Waals surface area contributed by atoms with Gasteiger partial charge in [-0.3, -0.25) is 10.1 Å². The van der Waals surface area contributed by atoms with Gasteiger partial charge < -0.3 is 9.47 Å². The predicted octanol–water partition coefficient (Wildman–Crippen LogP) is 2.43. The first-order valence-corrected chi connectivity index (χ1v) is 8.65. The molecule has 0 aliphatic rings. The lowest BCUT2D eigenvalue weighted by Gasteiger charge is -2.18. The SMILES string of the molecule is COc1cccc(CN(C)S(=O)(=O)c2ccc(OC)cc2[N+](=O)[O-])c1. The van der Waals surface area contributed by atoms with Gasteiger partial charge in [0.2, 0.25) is 10.0 Å². The monoisotopic (exact) mass is 366 g/mol. The Morgan fingerprint density at radius 1 is 1.08 bits per heavy atom. The fraction of sp³-hybridized carbons (Fsp3) is 0.250. The van der Waals surface area contributed by atoms with Gasteiger partial charge in [-0.25, -0.2) is 8.42 Å². The second-order valence-corrected chi connectivity index (χ2v) is 7.22. The number of nitrogens with zero attached hydrogens (tertiary/aromatic N) is 2. The number of hydrogen-bond acceptors (Lipinski definition) is 6. The van der Waals surface area contributed by atoms with Crippen LogP contribution in [0.25, 0.3) is 0 Å². The van der Waals surface area contributed by atoms with Crippen molar-refractivity contribution in [3.8, 4) is 11.5 Å². The highest BCUT2D eigenvalue weighted by molar-refractivity contribution is 7.89. The van der Waals surface area contributed by atoms with Gasteiger partial charge in [0.1, 0.15) is 11.5 Å². The van der Waals surface area contributed by atoms with Crippen LogP contribution in [0.15, 0.2) is 47.4 Å². The minimum Gasteiger partial charge on any atom is -0.497 e. The molecule has 0 aliphatic heterocycles. The van der Waals surface area contributed by atoms with Gasteiger partial charge in [-0.1, -0.05) is 12.1 Å². The maximum Gasteiger partial charge on any atom is 0.293 e. The molecule has 0 fully saturated rings. The summed E-state index contributed by atoms with van der Waals surface area (Å²) < 4.78 is 36.6. The third-order valence-electron chi connectivity index (χ3n) is 3.59. The largest absolute Gasteiger partial charge is 0.497 e. The van der Waals surface area contributed by atoms with Crippen LogP contribution in [0.1, 0.15) is 5.56 Å². The molecule has 2 rings (SSSR count). The van der Waals surface area contributed by atoms with E-state index >= 15 is 0 Å². The lowest BCUT2D eigenvalue weighted by molar-refractivity contribution is -0.387. The van der Waals surface area contributed by atoms with E-state index in [1.807, 2.05) is 0 Å². The summed E-state index contributed by atoms with van der Waals surface area (Å²) >= 11 is 0. The maximum atomic E-state index is 12.8. The highest BCUT2D eigenvalue weighted by atomic mass is 32.2. The van der Waals surface area contributed by atoms with Gasteiger partial charge in [-0.05, 0) is 29.8 Å². The van der Waals surface area contributed by atoms with Crippen LogP contribution in [0, 0.1) is 10.1 Å². The van der Waals surface area contributed by atoms with Crippen molar-refractivity contribution < 1.29 is 22.8 Å². The highest BCUT2D eigenvalue weighted by Gasteiger charge is 2.30. The van der Waals surface area contributed by atoms with Crippen LogP contribution in [0.2, 0.25) is 0 Å². The first-order valence-electron chi connectivity index (χ1n) is 7.21. The predicted molar refractivity (Wildman–Crippen MR) is 91.3 cm³/mol. The molecule has 2 aromatic carbocycles. The van der Waals surface area contributed by atoms with E-state index in [2.05, 4.69) is 0 Å². The minimum absolute atomic E-state index is 0.0444. The lowest BCUT2D eigenvalue weighted by atomic mass is 10.2. The summed E-state index contributed by atoms with van der Waals surface area (Å²) in [6.45, 7) is 0.0444. The smallest absolute Gasteiger partial charge is 0.293 e. The van der Waals surface area contributed by atoms with E-state index in [-0.39, 0.29) is 17.2 Å². The summed E-state index contributed by atoms with van der Waals surface area (Å²) in [5, 5.41) is 11.3. The molecule has 9 heteroatoms. The van der Waals surface area contributed by atoms with E-state index in [0.29, 0.717) is 11.3 Å². The van der Waals surface area contributed by atoms with E-state index < -0.39 is 20.6 Å². The Balaban J connectivity index is 2.38. The van der Waals surface area contributed by atoms with E-state index in [1.54, 1.807) is 24.3 Å². The molecule has 0 heterocycles. The third-order valence-corrected chi connectivity index (χ3v) is 5.44. The molecule has 0 N–H and O–H groups in total. The van der Waals surface area contributed by atoms with Crippen molar-refractivity contribution >= 4 is 15.7 Å². The fourth-order valence-corrected chi connectivity index (χ4v) is 3.56. The van der Waals surface area contributed by atoms with Crippen molar-refractivity contribution in [2.24, 2.45) is 0 Å². The van der Waals surface area contributed by atoms with Crippen LogP contribution in [-0.2, 0) is 16.6 Å². The normalized spacial score (nSPS) is 11.4. The summed E-state index contributed by atoms with van der Waals surface area (Å²) in [6, 6.07) is 10.6. The average molecular weight is 366 g/mol. The van der Waals surface area contributed by atoms with Crippen molar-refractivity contribution in [1.29, 1.82) is 0 Å². The van der Waals surface area contributed by atoms with Crippen LogP contribution in [-0.4, -0.2) is 38.9 Å². The molecule has 0 saturated heterocycles. The molecule has 0 saturated carbocycles. The van der Waals surface area contributed by atoms with Gasteiger partial charge in [-0.2, -0.15) is 4.31 Å². The fourth-order valence-electron chi connectivity index (χ4n) is 2.27. The van der Waals surface area contributed by atoms with Crippen LogP contribution >= 0.6 is 0 Å². The van der Waals surface area contributed by atoms with E-state index in [9.17, 15) is 18.5 Å². The van der Waals surface area contributed by atoms with E-state index in [1.165, 1.54) is 33.4 Å². The van der Waals surface area contributed by atoms with Gasteiger partial charge in [-0.15, -0.1) is 0 Å². The van der Waals surface area contributed by atoms with Gasteiger partial charge in [0.15, 0.2) is 4.90 Å². The molecular formula is C16H18N2O6S. The van der Waals surface area contributed by atoms with Crippen LogP contribution < -0.4 is 9.47 Å². The zero-order chi connectivity index (χ0) is 18.6. The zero-order valence-electron chi connectivity index (χ0n) is 14.0. The summed E-state index contributed by atoms with van der Waals surface area (Å²) in [4.78, 5) is 10.1. The zero-order valence-corrected chi connectivity index (χ0v) is 14.8. The molecule has 0 spiro atoms. The highest BCUT2D eigenvalue weighted by Crippen LogP contribution is 2.30. The maximum absolute atomic E-state index is 12.8. The number of nitro benzene ring substituents is 1. The molecule has 2 aromatic rings. The molecule has 8 nitrogen and oxygen atoms in total. The minimum atomic E-state index is -4.06. The van der Waals surface area contributed by atoms with Crippen molar-refractivity contribution in [3.63, 3.8) is 0 Å². The molecule has 0 amide bonds. The summed E-state index contributed by atoms with van der Waals surface area (Å²) in [5.41, 5.74) is 0.165. The number of methoxy groups -OCH3 is 2. The van der Waals surface area contributed by atoms with Crippen molar-refractivity contribution in [3.05, 3.63) is 58.1 Å². The molecule has 0 unspecified atom stereocenters. The van der Waals surface area contributed by atoms with Crippen LogP contribution in [0.3, 0.4) is 0 Å². The number of hydrogen-bond donors (Lipinski definition) is 0. The molecule has 0 bridgehead atoms. The van der Waals surface area contributed by atoms with Gasteiger partial charge in [0.25, 0.3) is 5.69 Å². The Kier molecular flexibility index (Phi) is 5.60. The number of ether oxygens (including phenoxy) is 2. The van der Waals surface area contributed by atoms with Gasteiger partial charge in [0.05, 0.1) is 25.2 Å². The molecule has 0 radical (unpaired) electrons. The van der Waals surface area contributed by atoms with Crippen molar-refractivity contribution in [2.75, 3.05) is 21.3 Å². The second kappa shape index (κ2) is 7.49. The Morgan fingerprint density at radius 3 is 2.32 bits per heavy atom. The first kappa shape index (κ1) is 18.7. The number of benzene rings is 2. The third kappa shape index (κ3) is 4.06. The molecule has 0 aliphatic carbocycles. The van der Waals surface area contributed by atoms with Crippen molar-refractivity contribution in [2.45, 2.75) is 11.4 Å². The van der Waals surface area contributed by atoms with E-state index in [4.69, 9.17) is 9.47 Å². The molecule has 0 aromatic heterocycles. The lowest BCUT2D eigenvalue weighted by Crippen LogP contribution is -2.27.